The molecule has 1 rings (SSSR count). The van der Waals surface area contributed by atoms with E-state index in [0.717, 1.165) is 24.3 Å². The summed E-state index contributed by atoms with van der Waals surface area (Å²) in [6.07, 6.45) is 4.09. The first kappa shape index (κ1) is 17.0. The zero-order valence-electron chi connectivity index (χ0n) is 13.1. The minimum atomic E-state index is -0.461. The van der Waals surface area contributed by atoms with Gasteiger partial charge in [0, 0.05) is 6.04 Å². The Kier molecular flexibility index (Phi) is 8.31. The second kappa shape index (κ2) is 9.78. The third kappa shape index (κ3) is 5.51. The maximum absolute atomic E-state index is 10.5. The molecule has 0 fully saturated rings. The van der Waals surface area contributed by atoms with E-state index >= 15 is 0 Å². The molecular weight excluding hydrogens is 250 g/mol. The molecule has 3 heteroatoms. The molecule has 1 aromatic carbocycles. The zero-order chi connectivity index (χ0) is 14.8. The Bertz CT molecular complexity index is 351. The predicted octanol–water partition coefficient (Wildman–Crippen LogP) is 3.68. The highest BCUT2D eigenvalue weighted by Gasteiger charge is 2.18. The van der Waals surface area contributed by atoms with Crippen molar-refractivity contribution in [2.75, 3.05) is 13.2 Å². The Morgan fingerprint density at radius 2 is 1.80 bits per heavy atom. The average molecular weight is 279 g/mol. The van der Waals surface area contributed by atoms with E-state index in [2.05, 4.69) is 19.2 Å². The molecular formula is C17H29NO2. The van der Waals surface area contributed by atoms with Crippen LogP contribution in [0.5, 0.6) is 5.75 Å². The van der Waals surface area contributed by atoms with Gasteiger partial charge in [-0.2, -0.15) is 0 Å². The molecule has 0 bridgehead atoms. The van der Waals surface area contributed by atoms with Crippen LogP contribution in [0, 0.1) is 0 Å². The summed E-state index contributed by atoms with van der Waals surface area (Å²) >= 11 is 0. The third-order valence-electron chi connectivity index (χ3n) is 3.54. The lowest BCUT2D eigenvalue weighted by Gasteiger charge is -2.23. The van der Waals surface area contributed by atoms with E-state index < -0.39 is 6.10 Å². The number of ether oxygens (including phenoxy) is 1. The number of nitrogens with one attached hydrogen (secondary N) is 1. The van der Waals surface area contributed by atoms with E-state index in [1.165, 1.54) is 19.3 Å². The van der Waals surface area contributed by atoms with Crippen LogP contribution in [0.4, 0.5) is 0 Å². The number of benzene rings is 1. The van der Waals surface area contributed by atoms with E-state index in [0.29, 0.717) is 6.61 Å². The molecule has 0 amide bonds. The molecule has 0 aliphatic rings. The molecule has 0 aliphatic carbocycles. The highest BCUT2D eigenvalue weighted by Crippen LogP contribution is 2.22. The summed E-state index contributed by atoms with van der Waals surface area (Å²) in [7, 11) is 0. The van der Waals surface area contributed by atoms with Crippen LogP contribution in [0.15, 0.2) is 24.3 Å². The van der Waals surface area contributed by atoms with Crippen molar-refractivity contribution in [3.05, 3.63) is 29.8 Å². The van der Waals surface area contributed by atoms with E-state index in [4.69, 9.17) is 4.74 Å². The highest BCUT2D eigenvalue weighted by atomic mass is 16.5. The smallest absolute Gasteiger partial charge is 0.119 e. The van der Waals surface area contributed by atoms with Crippen LogP contribution in [0.25, 0.3) is 0 Å². The molecule has 0 aromatic heterocycles. The second-order valence-electron chi connectivity index (χ2n) is 5.12. The molecule has 20 heavy (non-hydrogen) atoms. The topological polar surface area (TPSA) is 41.5 Å². The van der Waals surface area contributed by atoms with Crippen LogP contribution in [0.1, 0.15) is 58.1 Å². The van der Waals surface area contributed by atoms with Gasteiger partial charge in [-0.3, -0.25) is 0 Å². The molecule has 1 aromatic rings. The molecule has 0 radical (unpaired) electrons. The van der Waals surface area contributed by atoms with E-state index in [1.54, 1.807) is 0 Å². The van der Waals surface area contributed by atoms with E-state index in [9.17, 15) is 5.11 Å². The monoisotopic (exact) mass is 279 g/mol. The molecule has 2 N–H and O–H groups in total. The lowest BCUT2D eigenvalue weighted by atomic mass is 10.00. The maximum Gasteiger partial charge on any atom is 0.119 e. The molecule has 2 unspecified atom stereocenters. The minimum absolute atomic E-state index is 0.116. The Hall–Kier alpha value is -1.06. The van der Waals surface area contributed by atoms with Crippen molar-refractivity contribution in [2.45, 2.75) is 58.6 Å². The molecule has 114 valence electrons. The van der Waals surface area contributed by atoms with Gasteiger partial charge in [-0.15, -0.1) is 0 Å². The maximum atomic E-state index is 10.5. The van der Waals surface area contributed by atoms with Gasteiger partial charge in [0.1, 0.15) is 5.75 Å². The number of hydrogen-bond acceptors (Lipinski definition) is 3. The van der Waals surface area contributed by atoms with Gasteiger partial charge in [0.2, 0.25) is 0 Å². The Morgan fingerprint density at radius 1 is 1.10 bits per heavy atom. The molecule has 0 saturated carbocycles. The van der Waals surface area contributed by atoms with Crippen LogP contribution in [0.3, 0.4) is 0 Å². The lowest BCUT2D eigenvalue weighted by Crippen LogP contribution is -2.35. The first-order valence-electron chi connectivity index (χ1n) is 7.87. The van der Waals surface area contributed by atoms with Crippen LogP contribution in [-0.4, -0.2) is 24.3 Å². The summed E-state index contributed by atoms with van der Waals surface area (Å²) in [5, 5.41) is 13.9. The van der Waals surface area contributed by atoms with Crippen molar-refractivity contribution in [3.8, 4) is 5.75 Å². The standard InChI is InChI=1S/C17H29NO2/c1-4-7-8-13-18-16(5-2)17(19)14-9-11-15(12-10-14)20-6-3/h9-12,16-19H,4-8,13H2,1-3H3. The summed E-state index contributed by atoms with van der Waals surface area (Å²) < 4.78 is 5.42. The van der Waals surface area contributed by atoms with Gasteiger partial charge < -0.3 is 15.2 Å². The largest absolute Gasteiger partial charge is 0.494 e. The van der Waals surface area contributed by atoms with Crippen LogP contribution >= 0.6 is 0 Å². The van der Waals surface area contributed by atoms with Gasteiger partial charge in [0.15, 0.2) is 0 Å². The fourth-order valence-corrected chi connectivity index (χ4v) is 2.30. The molecule has 0 spiro atoms. The molecule has 0 saturated heterocycles. The number of hydrogen-bond donors (Lipinski definition) is 2. The summed E-state index contributed by atoms with van der Waals surface area (Å²) in [5.74, 6) is 0.854. The summed E-state index contributed by atoms with van der Waals surface area (Å²) in [6, 6.07) is 7.86. The average Bonchev–Trinajstić information content (AvgIpc) is 2.48. The quantitative estimate of drug-likeness (QED) is 0.642. The Morgan fingerprint density at radius 3 is 2.35 bits per heavy atom. The van der Waals surface area contributed by atoms with Crippen LogP contribution in [0.2, 0.25) is 0 Å². The molecule has 2 atom stereocenters. The Balaban J connectivity index is 2.53. The summed E-state index contributed by atoms with van der Waals surface area (Å²) in [4.78, 5) is 0. The fraction of sp³-hybridized carbons (Fsp3) is 0.647. The van der Waals surface area contributed by atoms with Gasteiger partial charge in [-0.1, -0.05) is 38.8 Å². The van der Waals surface area contributed by atoms with E-state index in [-0.39, 0.29) is 6.04 Å². The van der Waals surface area contributed by atoms with Crippen molar-refractivity contribution < 1.29 is 9.84 Å². The van der Waals surface area contributed by atoms with Gasteiger partial charge >= 0.3 is 0 Å². The first-order valence-corrected chi connectivity index (χ1v) is 7.87. The predicted molar refractivity (Wildman–Crippen MR) is 84.2 cm³/mol. The molecule has 0 aliphatic heterocycles. The van der Waals surface area contributed by atoms with E-state index in [1.807, 2.05) is 31.2 Å². The van der Waals surface area contributed by atoms with Crippen molar-refractivity contribution in [1.29, 1.82) is 0 Å². The minimum Gasteiger partial charge on any atom is -0.494 e. The lowest BCUT2D eigenvalue weighted by molar-refractivity contribution is 0.126. The van der Waals surface area contributed by atoms with Crippen molar-refractivity contribution in [2.24, 2.45) is 0 Å². The second-order valence-corrected chi connectivity index (χ2v) is 5.12. The highest BCUT2D eigenvalue weighted by molar-refractivity contribution is 5.29. The number of aliphatic hydroxyl groups excluding tert-OH is 1. The van der Waals surface area contributed by atoms with Gasteiger partial charge in [0.05, 0.1) is 12.7 Å². The van der Waals surface area contributed by atoms with Crippen molar-refractivity contribution in [1.82, 2.24) is 5.32 Å². The van der Waals surface area contributed by atoms with Gasteiger partial charge in [-0.25, -0.2) is 0 Å². The third-order valence-corrected chi connectivity index (χ3v) is 3.54. The SMILES string of the molecule is CCCCCNC(CC)C(O)c1ccc(OCC)cc1. The Labute approximate surface area is 123 Å². The number of rotatable bonds is 10. The first-order chi connectivity index (χ1) is 9.72. The van der Waals surface area contributed by atoms with Crippen molar-refractivity contribution >= 4 is 0 Å². The summed E-state index contributed by atoms with van der Waals surface area (Å²) in [5.41, 5.74) is 0.947. The van der Waals surface area contributed by atoms with Gasteiger partial charge in [0.25, 0.3) is 0 Å². The zero-order valence-corrected chi connectivity index (χ0v) is 13.1. The normalized spacial score (nSPS) is 14.0. The molecule has 0 heterocycles. The van der Waals surface area contributed by atoms with Crippen molar-refractivity contribution in [3.63, 3.8) is 0 Å². The molecule has 3 nitrogen and oxygen atoms in total. The number of unbranched alkanes of at least 4 members (excludes halogenated alkanes) is 2. The van der Waals surface area contributed by atoms with Crippen LogP contribution < -0.4 is 10.1 Å². The number of aliphatic hydroxyl groups is 1. The van der Waals surface area contributed by atoms with Crippen LogP contribution in [-0.2, 0) is 0 Å². The van der Waals surface area contributed by atoms with Gasteiger partial charge in [-0.05, 0) is 44.0 Å². The summed E-state index contributed by atoms with van der Waals surface area (Å²) in [6.45, 7) is 7.91. The fourth-order valence-electron chi connectivity index (χ4n) is 2.30.